The molecule has 158 valence electrons. The molecule has 2 rings (SSSR count). The minimum absolute atomic E-state index is 0.0832. The van der Waals surface area contributed by atoms with Gasteiger partial charge in [0.1, 0.15) is 11.6 Å². The zero-order valence-electron chi connectivity index (χ0n) is 16.5. The van der Waals surface area contributed by atoms with Crippen molar-refractivity contribution in [3.8, 4) is 5.75 Å². The summed E-state index contributed by atoms with van der Waals surface area (Å²) in [7, 11) is -3.64. The molecule has 0 radical (unpaired) electrons. The number of halogens is 2. The monoisotopic (exact) mass is 442 g/mol. The van der Waals surface area contributed by atoms with Gasteiger partial charge in [-0.05, 0) is 48.7 Å². The van der Waals surface area contributed by atoms with Gasteiger partial charge in [-0.3, -0.25) is 0 Å². The Hall–Kier alpha value is -2.32. The summed E-state index contributed by atoms with van der Waals surface area (Å²) in [6, 6.07) is 10.1. The molecule has 2 aromatic carbocycles. The molecule has 0 saturated heterocycles. The number of hydrogen-bond donors (Lipinski definition) is 1. The molecule has 0 bridgehead atoms. The Morgan fingerprint density at radius 3 is 2.59 bits per heavy atom. The summed E-state index contributed by atoms with van der Waals surface area (Å²) in [6.45, 7) is 6.14. The highest BCUT2D eigenvalue weighted by Crippen LogP contribution is 2.21. The molecule has 0 heterocycles. The summed E-state index contributed by atoms with van der Waals surface area (Å²) in [5.74, 6) is -0.320. The summed E-state index contributed by atoms with van der Waals surface area (Å²) in [5.41, 5.74) is 1.09. The molecule has 0 unspecified atom stereocenters. The zero-order valence-corrected chi connectivity index (χ0v) is 18.1. The number of amides is 2. The Kier molecular flexibility index (Phi) is 7.87. The smallest absolute Gasteiger partial charge is 0.322 e. The minimum atomic E-state index is -3.64. The second kappa shape index (κ2) is 9.93. The predicted octanol–water partition coefficient (Wildman–Crippen LogP) is 4.90. The quantitative estimate of drug-likeness (QED) is 0.590. The standard InChI is InChI=1S/C20H24ClFN2O4S/c1-4-29(26,27)28-17-7-5-6-15(10-17)13-24(12-14(2)3)20(25)23-16-8-9-19(22)18(21)11-16/h5-11,14H,4,12-13H2,1-3H3,(H,23,25). The van der Waals surface area contributed by atoms with E-state index in [1.165, 1.54) is 25.1 Å². The number of benzene rings is 2. The van der Waals surface area contributed by atoms with Crippen LogP contribution in [-0.2, 0) is 16.7 Å². The van der Waals surface area contributed by atoms with Crippen molar-refractivity contribution in [1.82, 2.24) is 4.90 Å². The molecule has 6 nitrogen and oxygen atoms in total. The Balaban J connectivity index is 2.17. The predicted molar refractivity (Wildman–Crippen MR) is 112 cm³/mol. The number of urea groups is 1. The number of carbonyl (C=O) groups is 1. The average Bonchev–Trinajstić information content (AvgIpc) is 2.64. The molecular formula is C20H24ClFN2O4S. The summed E-state index contributed by atoms with van der Waals surface area (Å²) in [4.78, 5) is 14.3. The molecule has 29 heavy (non-hydrogen) atoms. The summed E-state index contributed by atoms with van der Waals surface area (Å²) in [6.07, 6.45) is 0. The van der Waals surface area contributed by atoms with Gasteiger partial charge in [-0.2, -0.15) is 8.42 Å². The second-order valence-corrected chi connectivity index (χ2v) is 9.18. The summed E-state index contributed by atoms with van der Waals surface area (Å²) >= 11 is 5.77. The maximum atomic E-state index is 13.3. The van der Waals surface area contributed by atoms with Crippen LogP contribution in [0, 0.1) is 11.7 Å². The van der Waals surface area contributed by atoms with E-state index in [0.29, 0.717) is 17.8 Å². The first-order valence-electron chi connectivity index (χ1n) is 9.11. The van der Waals surface area contributed by atoms with Crippen LogP contribution in [0.5, 0.6) is 5.75 Å². The minimum Gasteiger partial charge on any atom is -0.382 e. The largest absolute Gasteiger partial charge is 0.382 e. The number of nitrogens with one attached hydrogen (secondary N) is 1. The molecule has 0 saturated carbocycles. The van der Waals surface area contributed by atoms with E-state index in [1.807, 2.05) is 13.8 Å². The Morgan fingerprint density at radius 1 is 1.24 bits per heavy atom. The van der Waals surface area contributed by atoms with Crippen molar-refractivity contribution in [3.05, 3.63) is 58.9 Å². The van der Waals surface area contributed by atoms with E-state index in [2.05, 4.69) is 5.32 Å². The van der Waals surface area contributed by atoms with Crippen molar-refractivity contribution in [2.75, 3.05) is 17.6 Å². The summed E-state index contributed by atoms with van der Waals surface area (Å²) in [5, 5.41) is 2.62. The van der Waals surface area contributed by atoms with Gasteiger partial charge in [0.15, 0.2) is 0 Å². The number of carbonyl (C=O) groups excluding carboxylic acids is 1. The average molecular weight is 443 g/mol. The first kappa shape index (κ1) is 23.0. The lowest BCUT2D eigenvalue weighted by molar-refractivity contribution is 0.201. The molecule has 0 aliphatic rings. The topological polar surface area (TPSA) is 75.7 Å². The van der Waals surface area contributed by atoms with Gasteiger partial charge in [-0.1, -0.05) is 37.6 Å². The highest BCUT2D eigenvalue weighted by atomic mass is 35.5. The second-order valence-electron chi connectivity index (χ2n) is 6.91. The van der Waals surface area contributed by atoms with Gasteiger partial charge in [-0.15, -0.1) is 0 Å². The lowest BCUT2D eigenvalue weighted by atomic mass is 10.1. The fraction of sp³-hybridized carbons (Fsp3) is 0.350. The Bertz CT molecular complexity index is 967. The third kappa shape index (κ3) is 7.21. The molecule has 9 heteroatoms. The summed E-state index contributed by atoms with van der Waals surface area (Å²) < 4.78 is 41.7. The van der Waals surface area contributed by atoms with Crippen LogP contribution in [0.4, 0.5) is 14.9 Å². The molecule has 1 N–H and O–H groups in total. The van der Waals surface area contributed by atoms with E-state index in [0.717, 1.165) is 0 Å². The van der Waals surface area contributed by atoms with Gasteiger partial charge in [0.25, 0.3) is 0 Å². The van der Waals surface area contributed by atoms with Crippen molar-refractivity contribution >= 4 is 33.4 Å². The molecule has 0 aromatic heterocycles. The van der Waals surface area contributed by atoms with E-state index in [-0.39, 0.29) is 35.0 Å². The normalized spacial score (nSPS) is 11.4. The van der Waals surface area contributed by atoms with Crippen molar-refractivity contribution < 1.29 is 21.8 Å². The Labute approximate surface area is 175 Å². The van der Waals surface area contributed by atoms with Gasteiger partial charge in [0.2, 0.25) is 0 Å². The molecular weight excluding hydrogens is 419 g/mol. The zero-order chi connectivity index (χ0) is 21.6. The van der Waals surface area contributed by atoms with E-state index < -0.39 is 15.9 Å². The van der Waals surface area contributed by atoms with Crippen molar-refractivity contribution in [3.63, 3.8) is 0 Å². The molecule has 2 amide bonds. The van der Waals surface area contributed by atoms with Gasteiger partial charge in [0.05, 0.1) is 10.8 Å². The maximum Gasteiger partial charge on any atom is 0.322 e. The molecule has 2 aromatic rings. The number of nitrogens with zero attached hydrogens (tertiary/aromatic N) is 1. The third-order valence-electron chi connectivity index (χ3n) is 3.89. The van der Waals surface area contributed by atoms with Crippen molar-refractivity contribution in [2.45, 2.75) is 27.3 Å². The molecule has 0 spiro atoms. The first-order chi connectivity index (χ1) is 13.6. The fourth-order valence-electron chi connectivity index (χ4n) is 2.56. The van der Waals surface area contributed by atoms with Crippen LogP contribution in [0.15, 0.2) is 42.5 Å². The third-order valence-corrected chi connectivity index (χ3v) is 5.34. The van der Waals surface area contributed by atoms with Crippen LogP contribution in [0.1, 0.15) is 26.3 Å². The van der Waals surface area contributed by atoms with Crippen molar-refractivity contribution in [2.24, 2.45) is 5.92 Å². The Morgan fingerprint density at radius 2 is 1.97 bits per heavy atom. The molecule has 0 aliphatic heterocycles. The molecule has 0 aliphatic carbocycles. The van der Waals surface area contributed by atoms with E-state index in [9.17, 15) is 17.6 Å². The molecule has 0 fully saturated rings. The lowest BCUT2D eigenvalue weighted by Gasteiger charge is -2.25. The number of hydrogen-bond acceptors (Lipinski definition) is 4. The van der Waals surface area contributed by atoms with Crippen LogP contribution >= 0.6 is 11.6 Å². The van der Waals surface area contributed by atoms with Gasteiger partial charge in [0, 0.05) is 18.8 Å². The fourth-order valence-corrected chi connectivity index (χ4v) is 3.25. The number of rotatable bonds is 8. The van der Waals surface area contributed by atoms with Crippen LogP contribution in [-0.4, -0.2) is 31.6 Å². The lowest BCUT2D eigenvalue weighted by Crippen LogP contribution is -2.37. The van der Waals surface area contributed by atoms with E-state index >= 15 is 0 Å². The SMILES string of the molecule is CCS(=O)(=O)Oc1cccc(CN(CC(C)C)C(=O)Nc2ccc(F)c(Cl)c2)c1. The van der Waals surface area contributed by atoms with E-state index in [4.69, 9.17) is 15.8 Å². The van der Waals surface area contributed by atoms with Crippen LogP contribution in [0.25, 0.3) is 0 Å². The van der Waals surface area contributed by atoms with Crippen LogP contribution in [0.2, 0.25) is 5.02 Å². The van der Waals surface area contributed by atoms with Crippen LogP contribution in [0.3, 0.4) is 0 Å². The highest BCUT2D eigenvalue weighted by molar-refractivity contribution is 7.87. The van der Waals surface area contributed by atoms with Gasteiger partial charge in [-0.25, -0.2) is 9.18 Å². The maximum absolute atomic E-state index is 13.3. The highest BCUT2D eigenvalue weighted by Gasteiger charge is 2.17. The first-order valence-corrected chi connectivity index (χ1v) is 11.1. The van der Waals surface area contributed by atoms with Crippen LogP contribution < -0.4 is 9.50 Å². The van der Waals surface area contributed by atoms with Crippen molar-refractivity contribution in [1.29, 1.82) is 0 Å². The van der Waals surface area contributed by atoms with E-state index in [1.54, 1.807) is 29.2 Å². The molecule has 0 atom stereocenters. The van der Waals surface area contributed by atoms with Gasteiger partial charge < -0.3 is 14.4 Å². The van der Waals surface area contributed by atoms with Gasteiger partial charge >= 0.3 is 16.1 Å². The number of anilines is 1.